The monoisotopic (exact) mass is 370 g/mol. The molecule has 140 valence electrons. The van der Waals surface area contributed by atoms with Gasteiger partial charge in [0.1, 0.15) is 5.82 Å². The maximum Gasteiger partial charge on any atom is 0.335 e. The van der Waals surface area contributed by atoms with Crippen molar-refractivity contribution >= 4 is 23.5 Å². The third kappa shape index (κ3) is 3.97. The van der Waals surface area contributed by atoms with Crippen LogP contribution in [0.4, 0.5) is 10.1 Å². The van der Waals surface area contributed by atoms with Crippen molar-refractivity contribution in [2.24, 2.45) is 5.92 Å². The molecule has 7 heteroatoms. The van der Waals surface area contributed by atoms with Crippen LogP contribution in [-0.4, -0.2) is 34.3 Å². The fourth-order valence-corrected chi connectivity index (χ4v) is 3.18. The molecular formula is C20H19FN2O4. The number of rotatable bonds is 5. The summed E-state index contributed by atoms with van der Waals surface area (Å²) in [5, 5.41) is 11.4. The third-order valence-corrected chi connectivity index (χ3v) is 4.75. The van der Waals surface area contributed by atoms with Gasteiger partial charge in [0.05, 0.1) is 23.2 Å². The van der Waals surface area contributed by atoms with Crippen molar-refractivity contribution < 1.29 is 23.9 Å². The minimum absolute atomic E-state index is 0.0310. The Kier molecular flexibility index (Phi) is 5.21. The second-order valence-corrected chi connectivity index (χ2v) is 6.52. The van der Waals surface area contributed by atoms with Crippen LogP contribution in [0.1, 0.15) is 35.3 Å². The molecule has 0 aromatic heterocycles. The van der Waals surface area contributed by atoms with Crippen LogP contribution < -0.4 is 5.32 Å². The second kappa shape index (κ2) is 7.57. The molecular weight excluding hydrogens is 351 g/mol. The standard InChI is InChI=1S/C20H19FN2O4/c1-12(13-5-3-2-4-6-13)23-11-15(10-18(23)24)19(25)22-17-9-14(20(26)27)7-8-16(17)21/h2-9,12,15H,10-11H2,1H3,(H,22,25)(H,26,27). The number of carbonyl (C=O) groups is 3. The van der Waals surface area contributed by atoms with Gasteiger partial charge in [-0.3, -0.25) is 9.59 Å². The normalized spacial score (nSPS) is 17.6. The number of halogens is 1. The Morgan fingerprint density at radius 3 is 2.59 bits per heavy atom. The van der Waals surface area contributed by atoms with E-state index in [4.69, 9.17) is 5.11 Å². The van der Waals surface area contributed by atoms with Gasteiger partial charge < -0.3 is 15.3 Å². The highest BCUT2D eigenvalue weighted by Crippen LogP contribution is 2.29. The maximum absolute atomic E-state index is 13.9. The van der Waals surface area contributed by atoms with Crippen LogP contribution >= 0.6 is 0 Å². The van der Waals surface area contributed by atoms with E-state index in [0.717, 1.165) is 23.8 Å². The first-order valence-electron chi connectivity index (χ1n) is 8.55. The van der Waals surface area contributed by atoms with E-state index in [1.54, 1.807) is 4.90 Å². The first kappa shape index (κ1) is 18.6. The fraction of sp³-hybridized carbons (Fsp3) is 0.250. The molecule has 6 nitrogen and oxygen atoms in total. The zero-order valence-corrected chi connectivity index (χ0v) is 14.7. The minimum Gasteiger partial charge on any atom is -0.478 e. The number of carboxylic acids is 1. The first-order chi connectivity index (χ1) is 12.9. The van der Waals surface area contributed by atoms with Crippen LogP contribution in [0.25, 0.3) is 0 Å². The molecule has 3 rings (SSSR count). The van der Waals surface area contributed by atoms with E-state index in [-0.39, 0.29) is 36.2 Å². The Morgan fingerprint density at radius 1 is 1.22 bits per heavy atom. The van der Waals surface area contributed by atoms with Crippen molar-refractivity contribution in [2.45, 2.75) is 19.4 Å². The summed E-state index contributed by atoms with van der Waals surface area (Å²) in [5.41, 5.74) is 0.627. The van der Waals surface area contributed by atoms with E-state index in [0.29, 0.717) is 0 Å². The molecule has 0 aliphatic carbocycles. The smallest absolute Gasteiger partial charge is 0.335 e. The predicted molar refractivity (Wildman–Crippen MR) is 96.7 cm³/mol. The van der Waals surface area contributed by atoms with Crippen molar-refractivity contribution in [3.8, 4) is 0 Å². The summed E-state index contributed by atoms with van der Waals surface area (Å²) in [6.45, 7) is 2.12. The van der Waals surface area contributed by atoms with Gasteiger partial charge in [-0.1, -0.05) is 30.3 Å². The van der Waals surface area contributed by atoms with Crippen molar-refractivity contribution in [3.63, 3.8) is 0 Å². The summed E-state index contributed by atoms with van der Waals surface area (Å²) in [6, 6.07) is 12.5. The van der Waals surface area contributed by atoms with Crippen LogP contribution in [0.15, 0.2) is 48.5 Å². The molecule has 0 saturated carbocycles. The number of carboxylic acid groups (broad SMARTS) is 1. The van der Waals surface area contributed by atoms with Gasteiger partial charge in [-0.25, -0.2) is 9.18 Å². The van der Waals surface area contributed by atoms with Crippen LogP contribution in [-0.2, 0) is 9.59 Å². The number of carbonyl (C=O) groups excluding carboxylic acids is 2. The van der Waals surface area contributed by atoms with E-state index in [9.17, 15) is 18.8 Å². The molecule has 2 unspecified atom stereocenters. The van der Waals surface area contributed by atoms with E-state index in [2.05, 4.69) is 5.32 Å². The maximum atomic E-state index is 13.9. The van der Waals surface area contributed by atoms with Gasteiger partial charge in [-0.15, -0.1) is 0 Å². The molecule has 1 aliphatic heterocycles. The highest BCUT2D eigenvalue weighted by atomic mass is 19.1. The van der Waals surface area contributed by atoms with Gasteiger partial charge in [-0.05, 0) is 30.7 Å². The van der Waals surface area contributed by atoms with Crippen LogP contribution in [0.5, 0.6) is 0 Å². The first-order valence-corrected chi connectivity index (χ1v) is 8.55. The lowest BCUT2D eigenvalue weighted by atomic mass is 10.1. The zero-order chi connectivity index (χ0) is 19.6. The number of hydrogen-bond donors (Lipinski definition) is 2. The van der Waals surface area contributed by atoms with Crippen LogP contribution in [0, 0.1) is 11.7 Å². The quantitative estimate of drug-likeness (QED) is 0.847. The van der Waals surface area contributed by atoms with Gasteiger partial charge in [0.15, 0.2) is 0 Å². The van der Waals surface area contributed by atoms with Gasteiger partial charge >= 0.3 is 5.97 Å². The number of anilines is 1. The molecule has 2 atom stereocenters. The summed E-state index contributed by atoms with van der Waals surface area (Å²) < 4.78 is 13.9. The Hall–Kier alpha value is -3.22. The number of aromatic carboxylic acids is 1. The lowest BCUT2D eigenvalue weighted by Crippen LogP contribution is -2.30. The predicted octanol–water partition coefficient (Wildman–Crippen LogP) is 3.07. The molecule has 2 N–H and O–H groups in total. The molecule has 0 radical (unpaired) electrons. The summed E-state index contributed by atoms with van der Waals surface area (Å²) in [6.07, 6.45) is 0.0310. The Labute approximate surface area is 155 Å². The molecule has 1 heterocycles. The Bertz CT molecular complexity index is 885. The molecule has 1 aliphatic rings. The summed E-state index contributed by atoms with van der Waals surface area (Å²) in [5.74, 6) is -3.23. The SMILES string of the molecule is CC(c1ccccc1)N1CC(C(=O)Nc2cc(C(=O)O)ccc2F)CC1=O. The molecule has 27 heavy (non-hydrogen) atoms. The summed E-state index contributed by atoms with van der Waals surface area (Å²) in [7, 11) is 0. The number of amides is 2. The number of nitrogens with one attached hydrogen (secondary N) is 1. The number of benzene rings is 2. The third-order valence-electron chi connectivity index (χ3n) is 4.75. The molecule has 1 saturated heterocycles. The van der Waals surface area contributed by atoms with Crippen LogP contribution in [0.2, 0.25) is 0 Å². The van der Waals surface area contributed by atoms with Crippen molar-refractivity contribution in [2.75, 3.05) is 11.9 Å². The minimum atomic E-state index is -1.22. The fourth-order valence-electron chi connectivity index (χ4n) is 3.18. The van der Waals surface area contributed by atoms with Crippen molar-refractivity contribution in [3.05, 3.63) is 65.5 Å². The summed E-state index contributed by atoms with van der Waals surface area (Å²) in [4.78, 5) is 37.5. The molecule has 2 aromatic rings. The van der Waals surface area contributed by atoms with E-state index in [1.807, 2.05) is 37.3 Å². The second-order valence-electron chi connectivity index (χ2n) is 6.52. The van der Waals surface area contributed by atoms with Gasteiger partial charge in [0.25, 0.3) is 0 Å². The summed E-state index contributed by atoms with van der Waals surface area (Å²) >= 11 is 0. The molecule has 1 fully saturated rings. The van der Waals surface area contributed by atoms with E-state index >= 15 is 0 Å². The highest BCUT2D eigenvalue weighted by Gasteiger charge is 2.37. The van der Waals surface area contributed by atoms with Gasteiger partial charge in [-0.2, -0.15) is 0 Å². The average Bonchev–Trinajstić information content (AvgIpc) is 3.05. The average molecular weight is 370 g/mol. The lowest BCUT2D eigenvalue weighted by Gasteiger charge is -2.25. The Balaban J connectivity index is 1.71. The number of nitrogens with zero attached hydrogens (tertiary/aromatic N) is 1. The zero-order valence-electron chi connectivity index (χ0n) is 14.7. The number of hydrogen-bond acceptors (Lipinski definition) is 3. The topological polar surface area (TPSA) is 86.7 Å². The lowest BCUT2D eigenvalue weighted by molar-refractivity contribution is -0.129. The van der Waals surface area contributed by atoms with Crippen molar-refractivity contribution in [1.82, 2.24) is 4.90 Å². The molecule has 2 amide bonds. The number of likely N-dealkylation sites (tertiary alicyclic amines) is 1. The molecule has 0 bridgehead atoms. The van der Waals surface area contributed by atoms with E-state index < -0.39 is 23.6 Å². The van der Waals surface area contributed by atoms with Crippen molar-refractivity contribution in [1.29, 1.82) is 0 Å². The van der Waals surface area contributed by atoms with Gasteiger partial charge in [0.2, 0.25) is 11.8 Å². The Morgan fingerprint density at radius 2 is 1.93 bits per heavy atom. The van der Waals surface area contributed by atoms with E-state index in [1.165, 1.54) is 0 Å². The van der Waals surface area contributed by atoms with Gasteiger partial charge in [0, 0.05) is 13.0 Å². The largest absolute Gasteiger partial charge is 0.478 e. The van der Waals surface area contributed by atoms with Crippen LogP contribution in [0.3, 0.4) is 0 Å². The highest BCUT2D eigenvalue weighted by molar-refractivity contribution is 5.98. The molecule has 2 aromatic carbocycles. The molecule has 0 spiro atoms.